The summed E-state index contributed by atoms with van der Waals surface area (Å²) in [6.07, 6.45) is 0.804. The lowest BCUT2D eigenvalue weighted by atomic mass is 9.81. The fourth-order valence-corrected chi connectivity index (χ4v) is 3.68. The fraction of sp³-hybridized carbons (Fsp3) is 0.333. The Balaban J connectivity index is 1.95. The zero-order valence-electron chi connectivity index (χ0n) is 16.6. The standard InChI is InChI=1S/C21H26N4O4/c1-3-25(4-2)9-5-8-24-13-10-14(26)17-18(19(13)27)21(29)16-12(23)7-6-11(22)15(16)20(17)28/h6-7,10,24,26-27H,3-5,8-9,22-23H2,1-2H3. The average Bonchev–Trinajstić information content (AvgIpc) is 2.70. The van der Waals surface area contributed by atoms with Gasteiger partial charge in [0.15, 0.2) is 5.75 Å². The number of nitrogens with zero attached hydrogens (tertiary/aromatic N) is 1. The van der Waals surface area contributed by atoms with Crippen LogP contribution in [0.2, 0.25) is 0 Å². The van der Waals surface area contributed by atoms with E-state index in [-0.39, 0.29) is 45.1 Å². The molecule has 0 bridgehead atoms. The van der Waals surface area contributed by atoms with E-state index >= 15 is 0 Å². The normalized spacial score (nSPS) is 12.8. The summed E-state index contributed by atoms with van der Waals surface area (Å²) >= 11 is 0. The lowest BCUT2D eigenvalue weighted by Crippen LogP contribution is -2.26. The second-order valence-electron chi connectivity index (χ2n) is 7.00. The maximum absolute atomic E-state index is 13.1. The molecule has 154 valence electrons. The van der Waals surface area contributed by atoms with E-state index in [1.165, 1.54) is 18.2 Å². The number of hydrogen-bond acceptors (Lipinski definition) is 8. The van der Waals surface area contributed by atoms with E-state index in [1.54, 1.807) is 0 Å². The molecule has 0 fully saturated rings. The monoisotopic (exact) mass is 398 g/mol. The van der Waals surface area contributed by atoms with E-state index < -0.39 is 17.3 Å². The van der Waals surface area contributed by atoms with E-state index in [9.17, 15) is 19.8 Å². The summed E-state index contributed by atoms with van der Waals surface area (Å²) in [6.45, 7) is 7.46. The van der Waals surface area contributed by atoms with Crippen LogP contribution in [0.5, 0.6) is 11.5 Å². The number of aromatic hydroxyl groups is 2. The third kappa shape index (κ3) is 3.47. The van der Waals surface area contributed by atoms with Crippen molar-refractivity contribution in [1.29, 1.82) is 0 Å². The van der Waals surface area contributed by atoms with Crippen molar-refractivity contribution in [3.63, 3.8) is 0 Å². The number of ketones is 2. The molecule has 0 spiro atoms. The molecule has 0 saturated carbocycles. The number of phenolic OH excluding ortho intramolecular Hbond substituents is 2. The predicted octanol–water partition coefficient (Wildman–Crippen LogP) is 2.18. The van der Waals surface area contributed by atoms with Crippen LogP contribution >= 0.6 is 0 Å². The number of benzene rings is 2. The number of anilines is 3. The Labute approximate surface area is 169 Å². The van der Waals surface area contributed by atoms with Crippen molar-refractivity contribution in [1.82, 2.24) is 4.90 Å². The van der Waals surface area contributed by atoms with Crippen LogP contribution in [0, 0.1) is 0 Å². The Bertz CT molecular complexity index is 983. The highest BCUT2D eigenvalue weighted by atomic mass is 16.3. The van der Waals surface area contributed by atoms with Crippen LogP contribution in [0.4, 0.5) is 17.1 Å². The van der Waals surface area contributed by atoms with Crippen LogP contribution in [0.15, 0.2) is 18.2 Å². The maximum Gasteiger partial charge on any atom is 0.200 e. The number of rotatable bonds is 7. The van der Waals surface area contributed by atoms with E-state index in [1.807, 2.05) is 0 Å². The molecule has 7 N–H and O–H groups in total. The topological polar surface area (TPSA) is 142 Å². The van der Waals surface area contributed by atoms with Crippen molar-refractivity contribution in [2.24, 2.45) is 0 Å². The highest BCUT2D eigenvalue weighted by Crippen LogP contribution is 2.44. The van der Waals surface area contributed by atoms with Crippen LogP contribution in [-0.4, -0.2) is 52.9 Å². The number of nitrogen functional groups attached to an aromatic ring is 2. The Hall–Kier alpha value is -3.26. The second kappa shape index (κ2) is 8.00. The molecule has 0 aliphatic heterocycles. The second-order valence-corrected chi connectivity index (χ2v) is 7.00. The SMILES string of the molecule is CCN(CC)CCCNc1cc(O)c2c(c1O)C(=O)c1c(N)ccc(N)c1C2=O. The summed E-state index contributed by atoms with van der Waals surface area (Å²) < 4.78 is 0. The summed E-state index contributed by atoms with van der Waals surface area (Å²) in [4.78, 5) is 28.2. The Morgan fingerprint density at radius 3 is 2.03 bits per heavy atom. The van der Waals surface area contributed by atoms with Gasteiger partial charge in [-0.05, 0) is 38.2 Å². The molecule has 1 aliphatic rings. The Morgan fingerprint density at radius 1 is 0.931 bits per heavy atom. The number of nitrogens with one attached hydrogen (secondary N) is 1. The first-order valence-electron chi connectivity index (χ1n) is 9.64. The van der Waals surface area contributed by atoms with Crippen LogP contribution in [-0.2, 0) is 0 Å². The number of nitrogens with two attached hydrogens (primary N) is 2. The van der Waals surface area contributed by atoms with Crippen molar-refractivity contribution in [3.05, 3.63) is 40.5 Å². The molecule has 29 heavy (non-hydrogen) atoms. The van der Waals surface area contributed by atoms with E-state index in [4.69, 9.17) is 11.5 Å². The Morgan fingerprint density at radius 2 is 1.48 bits per heavy atom. The fourth-order valence-electron chi connectivity index (χ4n) is 3.68. The molecule has 3 rings (SSSR count). The summed E-state index contributed by atoms with van der Waals surface area (Å²) in [5.74, 6) is -2.05. The molecule has 0 atom stereocenters. The summed E-state index contributed by atoms with van der Waals surface area (Å²) in [6, 6.07) is 4.13. The van der Waals surface area contributed by atoms with Crippen LogP contribution < -0.4 is 16.8 Å². The molecular weight excluding hydrogens is 372 g/mol. The Kier molecular flexibility index (Phi) is 5.65. The maximum atomic E-state index is 13.1. The highest BCUT2D eigenvalue weighted by Gasteiger charge is 2.38. The van der Waals surface area contributed by atoms with E-state index in [0.717, 1.165) is 26.1 Å². The largest absolute Gasteiger partial charge is 0.507 e. The van der Waals surface area contributed by atoms with Gasteiger partial charge in [-0.15, -0.1) is 0 Å². The minimum Gasteiger partial charge on any atom is -0.507 e. The lowest BCUT2D eigenvalue weighted by Gasteiger charge is -2.23. The van der Waals surface area contributed by atoms with Gasteiger partial charge < -0.3 is 31.9 Å². The van der Waals surface area contributed by atoms with Gasteiger partial charge in [0.2, 0.25) is 11.6 Å². The highest BCUT2D eigenvalue weighted by molar-refractivity contribution is 6.33. The molecule has 0 heterocycles. The van der Waals surface area contributed by atoms with E-state index in [0.29, 0.717) is 6.54 Å². The third-order valence-electron chi connectivity index (χ3n) is 5.32. The van der Waals surface area contributed by atoms with Gasteiger partial charge in [-0.1, -0.05) is 13.8 Å². The van der Waals surface area contributed by atoms with Crippen molar-refractivity contribution in [2.45, 2.75) is 20.3 Å². The summed E-state index contributed by atoms with van der Waals surface area (Å²) in [5, 5.41) is 24.2. The molecular formula is C21H26N4O4. The van der Waals surface area contributed by atoms with Crippen LogP contribution in [0.1, 0.15) is 52.1 Å². The lowest BCUT2D eigenvalue weighted by molar-refractivity contribution is 0.0975. The molecule has 0 amide bonds. The molecule has 2 aromatic carbocycles. The minimum atomic E-state index is -0.640. The molecule has 0 saturated heterocycles. The van der Waals surface area contributed by atoms with Crippen LogP contribution in [0.3, 0.4) is 0 Å². The van der Waals surface area contributed by atoms with Crippen molar-refractivity contribution < 1.29 is 19.8 Å². The number of fused-ring (bicyclic) bond motifs is 2. The van der Waals surface area contributed by atoms with Gasteiger partial charge in [0.05, 0.1) is 27.9 Å². The zero-order valence-corrected chi connectivity index (χ0v) is 16.6. The molecule has 8 heteroatoms. The quantitative estimate of drug-likeness (QED) is 0.176. The first-order valence-corrected chi connectivity index (χ1v) is 9.64. The van der Waals surface area contributed by atoms with Gasteiger partial charge in [0.25, 0.3) is 0 Å². The predicted molar refractivity (Wildman–Crippen MR) is 113 cm³/mol. The molecule has 2 aromatic rings. The van der Waals surface area contributed by atoms with Crippen molar-refractivity contribution in [3.8, 4) is 11.5 Å². The van der Waals surface area contributed by atoms with Gasteiger partial charge in [0, 0.05) is 24.0 Å². The molecule has 0 aromatic heterocycles. The van der Waals surface area contributed by atoms with Gasteiger partial charge in [-0.25, -0.2) is 0 Å². The van der Waals surface area contributed by atoms with Gasteiger partial charge in [-0.2, -0.15) is 0 Å². The number of carbonyl (C=O) groups excluding carboxylic acids is 2. The van der Waals surface area contributed by atoms with Gasteiger partial charge >= 0.3 is 0 Å². The summed E-state index contributed by atoms with van der Waals surface area (Å²) in [7, 11) is 0. The zero-order chi connectivity index (χ0) is 21.3. The van der Waals surface area contributed by atoms with Gasteiger partial charge in [-0.3, -0.25) is 9.59 Å². The van der Waals surface area contributed by atoms with Crippen molar-refractivity contribution in [2.75, 3.05) is 43.0 Å². The third-order valence-corrected chi connectivity index (χ3v) is 5.32. The molecule has 1 aliphatic carbocycles. The number of carbonyl (C=O) groups is 2. The van der Waals surface area contributed by atoms with Crippen LogP contribution in [0.25, 0.3) is 0 Å². The molecule has 0 unspecified atom stereocenters. The number of hydrogen-bond donors (Lipinski definition) is 5. The van der Waals surface area contributed by atoms with E-state index in [2.05, 4.69) is 24.1 Å². The smallest absolute Gasteiger partial charge is 0.200 e. The first kappa shape index (κ1) is 20.5. The minimum absolute atomic E-state index is 0.0443. The van der Waals surface area contributed by atoms with Gasteiger partial charge in [0.1, 0.15) is 5.75 Å². The van der Waals surface area contributed by atoms with Crippen molar-refractivity contribution >= 4 is 28.6 Å². The molecule has 8 nitrogen and oxygen atoms in total. The average molecular weight is 398 g/mol. The number of phenols is 2. The molecule has 0 radical (unpaired) electrons. The summed E-state index contributed by atoms with van der Waals surface area (Å²) in [5.41, 5.74) is 11.6. The first-order chi connectivity index (χ1) is 13.8.